The fourth-order valence-corrected chi connectivity index (χ4v) is 1.83. The summed E-state index contributed by atoms with van der Waals surface area (Å²) >= 11 is 3.35. The van der Waals surface area contributed by atoms with Crippen molar-refractivity contribution < 1.29 is 9.90 Å². The lowest BCUT2D eigenvalue weighted by Crippen LogP contribution is -2.38. The third-order valence-corrected chi connectivity index (χ3v) is 2.92. The number of likely N-dealkylation sites (N-methyl/N-ethyl adjacent to an activating group) is 1. The Kier molecular flexibility index (Phi) is 6.32. The van der Waals surface area contributed by atoms with Crippen LogP contribution in [0.15, 0.2) is 28.7 Å². The molecule has 1 aromatic rings. The van der Waals surface area contributed by atoms with Gasteiger partial charge in [0.15, 0.2) is 0 Å². The van der Waals surface area contributed by atoms with Crippen LogP contribution in [0.1, 0.15) is 5.56 Å². The normalized spacial score (nSPS) is 12.5. The number of nitrogens with one attached hydrogen (secondary N) is 1. The van der Waals surface area contributed by atoms with Gasteiger partial charge in [0.05, 0.1) is 12.5 Å². The van der Waals surface area contributed by atoms with E-state index in [2.05, 4.69) is 21.2 Å². The van der Waals surface area contributed by atoms with E-state index in [1.54, 1.807) is 0 Å². The summed E-state index contributed by atoms with van der Waals surface area (Å²) in [5.41, 5.74) is 0.956. The van der Waals surface area contributed by atoms with Crippen LogP contribution >= 0.6 is 15.9 Å². The maximum atomic E-state index is 11.6. The molecule has 0 spiro atoms. The molecule has 1 amide bonds. The second kappa shape index (κ2) is 7.51. The molecule has 2 N–H and O–H groups in total. The standard InChI is InChI=1S/C13H19BrN2O2/c1-16(2)9-12(17)8-15-13(18)7-10-3-5-11(14)6-4-10/h3-6,12,17H,7-9H2,1-2H3,(H,15,18). The minimum Gasteiger partial charge on any atom is -0.390 e. The zero-order valence-corrected chi connectivity index (χ0v) is 12.3. The van der Waals surface area contributed by atoms with Crippen LogP contribution in [0.25, 0.3) is 0 Å². The van der Waals surface area contributed by atoms with E-state index in [-0.39, 0.29) is 12.5 Å². The SMILES string of the molecule is CN(C)CC(O)CNC(=O)Cc1ccc(Br)cc1. The van der Waals surface area contributed by atoms with Gasteiger partial charge < -0.3 is 15.3 Å². The number of halogens is 1. The van der Waals surface area contributed by atoms with Gasteiger partial charge in [-0.2, -0.15) is 0 Å². The molecule has 18 heavy (non-hydrogen) atoms. The minimum atomic E-state index is -0.533. The summed E-state index contributed by atoms with van der Waals surface area (Å²) in [4.78, 5) is 13.5. The molecule has 0 saturated heterocycles. The van der Waals surface area contributed by atoms with Crippen molar-refractivity contribution in [2.45, 2.75) is 12.5 Å². The van der Waals surface area contributed by atoms with Crippen molar-refractivity contribution in [3.8, 4) is 0 Å². The lowest BCUT2D eigenvalue weighted by Gasteiger charge is -2.16. The highest BCUT2D eigenvalue weighted by molar-refractivity contribution is 9.10. The van der Waals surface area contributed by atoms with Crippen molar-refractivity contribution in [2.75, 3.05) is 27.2 Å². The van der Waals surface area contributed by atoms with Crippen LogP contribution in [-0.2, 0) is 11.2 Å². The Morgan fingerprint density at radius 2 is 2.00 bits per heavy atom. The van der Waals surface area contributed by atoms with Gasteiger partial charge in [-0.1, -0.05) is 28.1 Å². The zero-order chi connectivity index (χ0) is 13.5. The Balaban J connectivity index is 2.31. The third kappa shape index (κ3) is 6.14. The molecule has 4 nitrogen and oxygen atoms in total. The first-order valence-corrected chi connectivity index (χ1v) is 6.60. The smallest absolute Gasteiger partial charge is 0.224 e. The Bertz CT molecular complexity index is 379. The monoisotopic (exact) mass is 314 g/mol. The Morgan fingerprint density at radius 1 is 1.39 bits per heavy atom. The number of carbonyl (C=O) groups is 1. The molecule has 1 atom stereocenters. The molecule has 0 fully saturated rings. The molecule has 0 saturated carbocycles. The van der Waals surface area contributed by atoms with E-state index >= 15 is 0 Å². The number of nitrogens with zero attached hydrogens (tertiary/aromatic N) is 1. The van der Waals surface area contributed by atoms with Gasteiger partial charge in [0.1, 0.15) is 0 Å². The molecule has 0 aliphatic rings. The van der Waals surface area contributed by atoms with E-state index in [0.717, 1.165) is 10.0 Å². The first-order valence-electron chi connectivity index (χ1n) is 5.81. The van der Waals surface area contributed by atoms with Crippen LogP contribution in [0.3, 0.4) is 0 Å². The number of aliphatic hydroxyl groups excluding tert-OH is 1. The highest BCUT2D eigenvalue weighted by atomic mass is 79.9. The number of aliphatic hydroxyl groups is 1. The Labute approximate surface area is 116 Å². The summed E-state index contributed by atoms with van der Waals surface area (Å²) < 4.78 is 0.994. The molecule has 1 aromatic carbocycles. The molecule has 0 radical (unpaired) electrons. The van der Waals surface area contributed by atoms with Crippen LogP contribution in [0.5, 0.6) is 0 Å². The van der Waals surface area contributed by atoms with Gasteiger partial charge in [0.2, 0.25) is 5.91 Å². The maximum absolute atomic E-state index is 11.6. The number of amides is 1. The largest absolute Gasteiger partial charge is 0.390 e. The number of hydrogen-bond donors (Lipinski definition) is 2. The Morgan fingerprint density at radius 3 is 2.56 bits per heavy atom. The topological polar surface area (TPSA) is 52.6 Å². The number of rotatable bonds is 6. The fraction of sp³-hybridized carbons (Fsp3) is 0.462. The molecule has 0 bridgehead atoms. The average Bonchev–Trinajstić information content (AvgIpc) is 2.29. The van der Waals surface area contributed by atoms with Crippen LogP contribution in [0.2, 0.25) is 0 Å². The second-order valence-corrected chi connectivity index (χ2v) is 5.44. The molecule has 5 heteroatoms. The van der Waals surface area contributed by atoms with Gasteiger partial charge in [-0.3, -0.25) is 4.79 Å². The maximum Gasteiger partial charge on any atom is 0.224 e. The van der Waals surface area contributed by atoms with Crippen molar-refractivity contribution in [3.05, 3.63) is 34.3 Å². The number of hydrogen-bond acceptors (Lipinski definition) is 3. The van der Waals surface area contributed by atoms with E-state index in [1.165, 1.54) is 0 Å². The van der Waals surface area contributed by atoms with Crippen molar-refractivity contribution in [1.29, 1.82) is 0 Å². The second-order valence-electron chi connectivity index (χ2n) is 4.52. The first kappa shape index (κ1) is 15.1. The van der Waals surface area contributed by atoms with Gasteiger partial charge >= 0.3 is 0 Å². The zero-order valence-electron chi connectivity index (χ0n) is 10.7. The van der Waals surface area contributed by atoms with Crippen LogP contribution in [-0.4, -0.2) is 49.2 Å². The first-order chi connectivity index (χ1) is 8.47. The molecule has 0 heterocycles. The minimum absolute atomic E-state index is 0.0740. The predicted octanol–water partition coefficient (Wildman–Crippen LogP) is 1.03. The van der Waals surface area contributed by atoms with Crippen molar-refractivity contribution in [2.24, 2.45) is 0 Å². The van der Waals surface area contributed by atoms with Gasteiger partial charge in [-0.15, -0.1) is 0 Å². The summed E-state index contributed by atoms with van der Waals surface area (Å²) in [5, 5.41) is 12.3. The summed E-state index contributed by atoms with van der Waals surface area (Å²) in [6, 6.07) is 7.62. The number of benzene rings is 1. The van der Waals surface area contributed by atoms with Crippen LogP contribution in [0.4, 0.5) is 0 Å². The summed E-state index contributed by atoms with van der Waals surface area (Å²) in [7, 11) is 3.76. The van der Waals surface area contributed by atoms with E-state index in [0.29, 0.717) is 13.0 Å². The quantitative estimate of drug-likeness (QED) is 0.824. The van der Waals surface area contributed by atoms with Gasteiger partial charge in [-0.05, 0) is 31.8 Å². The van der Waals surface area contributed by atoms with Gasteiger partial charge in [-0.25, -0.2) is 0 Å². The fourth-order valence-electron chi connectivity index (χ4n) is 1.57. The summed E-state index contributed by atoms with van der Waals surface area (Å²) in [6.07, 6.45) is -0.198. The van der Waals surface area contributed by atoms with Crippen LogP contribution in [0, 0.1) is 0 Å². The molecular weight excluding hydrogens is 296 g/mol. The molecule has 0 aliphatic carbocycles. The van der Waals surface area contributed by atoms with Crippen molar-refractivity contribution >= 4 is 21.8 Å². The Hall–Kier alpha value is -0.910. The highest BCUT2D eigenvalue weighted by Gasteiger charge is 2.08. The lowest BCUT2D eigenvalue weighted by molar-refractivity contribution is -0.120. The summed E-state index contributed by atoms with van der Waals surface area (Å²) in [6.45, 7) is 0.826. The summed E-state index contributed by atoms with van der Waals surface area (Å²) in [5.74, 6) is -0.0740. The molecule has 0 aromatic heterocycles. The molecule has 0 aliphatic heterocycles. The van der Waals surface area contributed by atoms with Crippen LogP contribution < -0.4 is 5.32 Å². The van der Waals surface area contributed by atoms with Gasteiger partial charge in [0, 0.05) is 17.6 Å². The molecule has 100 valence electrons. The average molecular weight is 315 g/mol. The number of carbonyl (C=O) groups excluding carboxylic acids is 1. The third-order valence-electron chi connectivity index (χ3n) is 2.39. The molecule has 1 unspecified atom stereocenters. The van der Waals surface area contributed by atoms with E-state index < -0.39 is 6.10 Å². The molecule has 1 rings (SSSR count). The van der Waals surface area contributed by atoms with Crippen molar-refractivity contribution in [1.82, 2.24) is 10.2 Å². The lowest BCUT2D eigenvalue weighted by atomic mass is 10.1. The van der Waals surface area contributed by atoms with Crippen molar-refractivity contribution in [3.63, 3.8) is 0 Å². The highest BCUT2D eigenvalue weighted by Crippen LogP contribution is 2.10. The van der Waals surface area contributed by atoms with Gasteiger partial charge in [0.25, 0.3) is 0 Å². The van der Waals surface area contributed by atoms with E-state index in [4.69, 9.17) is 0 Å². The predicted molar refractivity (Wildman–Crippen MR) is 75.4 cm³/mol. The van der Waals surface area contributed by atoms with E-state index in [9.17, 15) is 9.90 Å². The van der Waals surface area contributed by atoms with E-state index in [1.807, 2.05) is 43.3 Å². The molecular formula is C13H19BrN2O2.